The summed E-state index contributed by atoms with van der Waals surface area (Å²) in [6.45, 7) is 0.755. The van der Waals surface area contributed by atoms with Crippen LogP contribution in [0.4, 0.5) is 13.2 Å². The summed E-state index contributed by atoms with van der Waals surface area (Å²) in [6, 6.07) is 31.8. The van der Waals surface area contributed by atoms with E-state index in [1.807, 2.05) is 78.9 Å². The zero-order valence-corrected chi connectivity index (χ0v) is 22.2. The third kappa shape index (κ3) is 6.28. The fraction of sp³-hybridized carbons (Fsp3) is 0.312. The van der Waals surface area contributed by atoms with Crippen LogP contribution in [0.1, 0.15) is 40.9 Å². The van der Waals surface area contributed by atoms with Crippen LogP contribution in [0.5, 0.6) is 0 Å². The van der Waals surface area contributed by atoms with Gasteiger partial charge in [0, 0.05) is 25.0 Å². The third-order valence-electron chi connectivity index (χ3n) is 8.02. The van der Waals surface area contributed by atoms with Crippen molar-refractivity contribution < 1.29 is 27.4 Å². The molecule has 0 radical (unpaired) electrons. The minimum absolute atomic E-state index is 0.246. The predicted octanol–water partition coefficient (Wildman–Crippen LogP) is 6.35. The molecule has 0 spiro atoms. The second-order valence-electron chi connectivity index (χ2n) is 10.6. The van der Waals surface area contributed by atoms with E-state index in [2.05, 4.69) is 23.3 Å². The first-order valence-corrected chi connectivity index (χ1v) is 13.6. The summed E-state index contributed by atoms with van der Waals surface area (Å²) in [6.07, 6.45) is -1.92. The Labute approximate surface area is 232 Å². The molecule has 2 heterocycles. The second-order valence-corrected chi connectivity index (χ2v) is 10.6. The Hall–Kier alpha value is -3.91. The van der Waals surface area contributed by atoms with E-state index in [-0.39, 0.29) is 24.3 Å². The normalized spacial score (nSPS) is 21.2. The van der Waals surface area contributed by atoms with E-state index in [1.165, 1.54) is 5.56 Å². The molecule has 0 unspecified atom stereocenters. The summed E-state index contributed by atoms with van der Waals surface area (Å²) >= 11 is 0. The van der Waals surface area contributed by atoms with Gasteiger partial charge >= 0.3 is 12.1 Å². The van der Waals surface area contributed by atoms with Crippen molar-refractivity contribution in [3.63, 3.8) is 0 Å². The quantitative estimate of drug-likeness (QED) is 0.248. The number of aryl methyl sites for hydroxylation is 2. The molecule has 1 fully saturated rings. The van der Waals surface area contributed by atoms with Gasteiger partial charge in [0.05, 0.1) is 11.1 Å². The molecule has 1 N–H and O–H groups in total. The first kappa shape index (κ1) is 27.6. The zero-order valence-electron chi connectivity index (χ0n) is 22.2. The predicted molar refractivity (Wildman–Crippen MR) is 146 cm³/mol. The summed E-state index contributed by atoms with van der Waals surface area (Å²) < 4.78 is 39.6. The number of H-pyrrole nitrogens is 1. The van der Waals surface area contributed by atoms with Crippen LogP contribution in [0.15, 0.2) is 97.1 Å². The Balaban J connectivity index is 1.40. The van der Waals surface area contributed by atoms with Gasteiger partial charge in [-0.15, -0.1) is 4.65 Å². The van der Waals surface area contributed by atoms with E-state index in [0.717, 1.165) is 35.4 Å². The lowest BCUT2D eigenvalue weighted by molar-refractivity contribution is -1.09. The Kier molecular flexibility index (Phi) is 8.07. The van der Waals surface area contributed by atoms with Crippen molar-refractivity contribution in [3.8, 4) is 0 Å². The van der Waals surface area contributed by atoms with Gasteiger partial charge in [-0.2, -0.15) is 18.3 Å². The van der Waals surface area contributed by atoms with Crippen molar-refractivity contribution in [2.24, 2.45) is 0 Å². The Morgan fingerprint density at radius 1 is 0.825 bits per heavy atom. The topological polar surface area (TPSA) is 55.0 Å². The van der Waals surface area contributed by atoms with Gasteiger partial charge < -0.3 is 0 Å². The van der Waals surface area contributed by atoms with Crippen molar-refractivity contribution in [1.29, 1.82) is 0 Å². The number of benzene rings is 3. The maximum absolute atomic E-state index is 13.3. The van der Waals surface area contributed by atoms with E-state index >= 15 is 0 Å². The molecule has 208 valence electrons. The van der Waals surface area contributed by atoms with Crippen LogP contribution < -0.4 is 0 Å². The molecule has 5 nitrogen and oxygen atoms in total. The van der Waals surface area contributed by atoms with E-state index in [0.29, 0.717) is 19.3 Å². The minimum Gasteiger partial charge on any atom is -0.282 e. The zero-order chi connectivity index (χ0) is 28.1. The van der Waals surface area contributed by atoms with E-state index in [9.17, 15) is 18.0 Å². The Morgan fingerprint density at radius 3 is 1.95 bits per heavy atom. The van der Waals surface area contributed by atoms with Gasteiger partial charge in [0.1, 0.15) is 19.6 Å². The number of nitrogens with one attached hydrogen (secondary N) is 1. The molecule has 1 aromatic heterocycles. The standard InChI is InChI=1S/C32H33F3N3O2/c33-32(34,35)30(39)40-38(21-18-26-12-6-2-7-13-26)22-19-31(20-23-38,27-14-8-3-9-15-27)29-24-28(36-37-29)17-16-25-10-4-1-5-11-25/h1-15,24H,16-23H2,(H,36,37)/q+1. The van der Waals surface area contributed by atoms with Crippen LogP contribution in [0.25, 0.3) is 0 Å². The number of aromatic amines is 1. The Morgan fingerprint density at radius 2 is 1.38 bits per heavy atom. The van der Waals surface area contributed by atoms with Crippen LogP contribution in [0.2, 0.25) is 0 Å². The van der Waals surface area contributed by atoms with Crippen molar-refractivity contribution in [2.75, 3.05) is 19.6 Å². The molecule has 0 amide bonds. The number of hydroxylamine groups is 3. The number of alkyl halides is 3. The number of carbonyl (C=O) groups is 1. The number of likely N-dealkylation sites (tertiary alicyclic amines) is 1. The van der Waals surface area contributed by atoms with Gasteiger partial charge in [0.2, 0.25) is 0 Å². The molecule has 1 saturated heterocycles. The summed E-state index contributed by atoms with van der Waals surface area (Å²) in [5.41, 5.74) is 4.64. The first-order valence-electron chi connectivity index (χ1n) is 13.6. The highest BCUT2D eigenvalue weighted by atomic mass is 19.4. The smallest absolute Gasteiger partial charge is 0.282 e. The lowest BCUT2D eigenvalue weighted by Crippen LogP contribution is -2.59. The number of piperidine rings is 1. The van der Waals surface area contributed by atoms with Gasteiger partial charge in [-0.25, -0.2) is 4.79 Å². The number of carbonyl (C=O) groups excluding carboxylic acids is 1. The molecule has 0 atom stereocenters. The number of nitrogens with zero attached hydrogens (tertiary/aromatic N) is 2. The van der Waals surface area contributed by atoms with Gasteiger partial charge in [0.15, 0.2) is 0 Å². The minimum atomic E-state index is -5.05. The number of aromatic nitrogens is 2. The molecular weight excluding hydrogens is 515 g/mol. The summed E-state index contributed by atoms with van der Waals surface area (Å²) in [5.74, 6) is -2.14. The molecule has 4 aromatic rings. The number of halogens is 3. The lowest BCUT2D eigenvalue weighted by atomic mass is 9.70. The largest absolute Gasteiger partial charge is 0.497 e. The van der Waals surface area contributed by atoms with E-state index in [4.69, 9.17) is 9.94 Å². The van der Waals surface area contributed by atoms with Gasteiger partial charge in [-0.05, 0) is 35.6 Å². The first-order chi connectivity index (χ1) is 19.3. The van der Waals surface area contributed by atoms with Gasteiger partial charge in [-0.1, -0.05) is 91.0 Å². The highest BCUT2D eigenvalue weighted by molar-refractivity contribution is 5.74. The summed E-state index contributed by atoms with van der Waals surface area (Å²) in [5, 5.41) is 7.92. The number of quaternary nitrogens is 1. The average Bonchev–Trinajstić information content (AvgIpc) is 3.46. The molecule has 0 aliphatic carbocycles. The highest BCUT2D eigenvalue weighted by Gasteiger charge is 2.52. The van der Waals surface area contributed by atoms with Crippen LogP contribution in [0.3, 0.4) is 0 Å². The molecule has 0 saturated carbocycles. The molecule has 0 bridgehead atoms. The SMILES string of the molecule is O=C(O[N+]1(CCc2ccccc2)CCC(c2ccccc2)(c2cc(CCc3ccccc3)[nH]n2)CC1)C(F)(F)F. The molecule has 3 aromatic carbocycles. The van der Waals surface area contributed by atoms with Crippen molar-refractivity contribution in [3.05, 3.63) is 125 Å². The second kappa shape index (κ2) is 11.7. The van der Waals surface area contributed by atoms with Crippen LogP contribution in [0, 0.1) is 0 Å². The van der Waals surface area contributed by atoms with Crippen molar-refractivity contribution in [1.82, 2.24) is 10.2 Å². The van der Waals surface area contributed by atoms with E-state index in [1.54, 1.807) is 0 Å². The third-order valence-corrected chi connectivity index (χ3v) is 8.02. The average molecular weight is 549 g/mol. The monoisotopic (exact) mass is 548 g/mol. The molecule has 40 heavy (non-hydrogen) atoms. The van der Waals surface area contributed by atoms with E-state index < -0.39 is 17.6 Å². The maximum atomic E-state index is 13.3. The fourth-order valence-corrected chi connectivity index (χ4v) is 5.70. The lowest BCUT2D eigenvalue weighted by Gasteiger charge is -2.45. The van der Waals surface area contributed by atoms with Crippen LogP contribution in [-0.4, -0.2) is 46.6 Å². The molecular formula is C32H33F3N3O2+. The highest BCUT2D eigenvalue weighted by Crippen LogP contribution is 2.43. The Bertz CT molecular complexity index is 1380. The summed E-state index contributed by atoms with van der Waals surface area (Å²) in [7, 11) is 0. The van der Waals surface area contributed by atoms with Crippen LogP contribution in [-0.2, 0) is 34.3 Å². The van der Waals surface area contributed by atoms with Crippen LogP contribution >= 0.6 is 0 Å². The molecule has 1 aliphatic rings. The number of rotatable bonds is 9. The van der Waals surface area contributed by atoms with Crippen molar-refractivity contribution >= 4 is 5.97 Å². The number of hydrogen-bond acceptors (Lipinski definition) is 3. The maximum Gasteiger partial charge on any atom is 0.497 e. The molecule has 5 rings (SSSR count). The molecule has 8 heteroatoms. The summed E-state index contributed by atoms with van der Waals surface area (Å²) in [4.78, 5) is 17.3. The van der Waals surface area contributed by atoms with Crippen molar-refractivity contribution in [2.45, 2.75) is 43.7 Å². The fourth-order valence-electron chi connectivity index (χ4n) is 5.70. The van der Waals surface area contributed by atoms with Gasteiger partial charge in [-0.3, -0.25) is 9.94 Å². The van der Waals surface area contributed by atoms with Gasteiger partial charge in [0.25, 0.3) is 0 Å². The number of hydrogen-bond donors (Lipinski definition) is 1. The molecule has 1 aliphatic heterocycles.